The maximum absolute atomic E-state index is 9.75. The van der Waals surface area contributed by atoms with Crippen molar-refractivity contribution in [1.82, 2.24) is 9.80 Å². The summed E-state index contributed by atoms with van der Waals surface area (Å²) in [6.07, 6.45) is 0. The Labute approximate surface area is 118 Å². The molecule has 3 aliphatic heterocycles. The van der Waals surface area contributed by atoms with Crippen LogP contribution in [-0.4, -0.2) is 63.6 Å². The van der Waals surface area contributed by atoms with Gasteiger partial charge in [0.15, 0.2) is 0 Å². The molecule has 0 saturated carbocycles. The molecule has 3 aliphatic rings. The first-order chi connectivity index (χ1) is 7.95. The summed E-state index contributed by atoms with van der Waals surface area (Å²) in [5, 5.41) is 0. The van der Waals surface area contributed by atoms with Crippen molar-refractivity contribution in [3.05, 3.63) is 0 Å². The van der Waals surface area contributed by atoms with Crippen molar-refractivity contribution in [3.63, 3.8) is 0 Å². The average Bonchev–Trinajstić information content (AvgIpc) is 2.15. The van der Waals surface area contributed by atoms with Crippen LogP contribution < -0.4 is 0 Å². The van der Waals surface area contributed by atoms with Gasteiger partial charge in [0.1, 0.15) is 0 Å². The Kier molecular flexibility index (Phi) is 10.3. The monoisotopic (exact) mass is 350 g/mol. The largest absolute Gasteiger partial charge is 2.00 e. The molecule has 0 aromatic rings. The summed E-state index contributed by atoms with van der Waals surface area (Å²) in [5.74, 6) is 0. The molecule has 19 heavy (non-hydrogen) atoms. The molecule has 13 heteroatoms. The summed E-state index contributed by atoms with van der Waals surface area (Å²) in [6.45, 7) is 7.92. The SMILES string of the molecule is C1CN2CCN1CC2.F[B-](F)(F)F.F[B-](F)(F)F.[Zn+2]. The van der Waals surface area contributed by atoms with E-state index in [9.17, 15) is 34.5 Å². The molecule has 0 aliphatic carbocycles. The molecule has 3 fully saturated rings. The standard InChI is InChI=1S/C6H12N2.2BF4.Zn/c1-2-8-5-3-7(1)4-6-8;2*2-1(3,4)5;/h1-6H2;;;/q;2*-1;+2. The van der Waals surface area contributed by atoms with Gasteiger partial charge in [-0.1, -0.05) is 0 Å². The van der Waals surface area contributed by atoms with Gasteiger partial charge in [-0.2, -0.15) is 0 Å². The molecule has 0 aromatic heterocycles. The number of piperazine rings is 3. The zero-order chi connectivity index (χ0) is 14.4. The fourth-order valence-electron chi connectivity index (χ4n) is 1.52. The van der Waals surface area contributed by atoms with Gasteiger partial charge in [-0.25, -0.2) is 0 Å². The first-order valence-corrected chi connectivity index (χ1v) is 5.14. The van der Waals surface area contributed by atoms with Crippen LogP contribution in [0.4, 0.5) is 34.5 Å². The Bertz CT molecular complexity index is 183. The first-order valence-electron chi connectivity index (χ1n) is 5.14. The quantitative estimate of drug-likeness (QED) is 0.488. The smallest absolute Gasteiger partial charge is 0.418 e. The van der Waals surface area contributed by atoms with Crippen molar-refractivity contribution in [1.29, 1.82) is 0 Å². The number of hydrogen-bond donors (Lipinski definition) is 0. The third kappa shape index (κ3) is 20.6. The van der Waals surface area contributed by atoms with E-state index in [0.29, 0.717) is 0 Å². The summed E-state index contributed by atoms with van der Waals surface area (Å²) >= 11 is 0. The molecule has 0 N–H and O–H groups in total. The average molecular weight is 351 g/mol. The maximum Gasteiger partial charge on any atom is 2.00 e. The van der Waals surface area contributed by atoms with E-state index in [4.69, 9.17) is 0 Å². The predicted octanol–water partition coefficient (Wildman–Crippen LogP) is 2.22. The molecule has 0 spiro atoms. The van der Waals surface area contributed by atoms with E-state index in [1.54, 1.807) is 0 Å². The molecule has 0 radical (unpaired) electrons. The van der Waals surface area contributed by atoms with Gasteiger partial charge in [0.2, 0.25) is 0 Å². The van der Waals surface area contributed by atoms with Crippen LogP contribution in [0.25, 0.3) is 0 Å². The Morgan fingerprint density at radius 1 is 0.474 bits per heavy atom. The van der Waals surface area contributed by atoms with Gasteiger partial charge in [-0.15, -0.1) is 0 Å². The van der Waals surface area contributed by atoms with Crippen LogP contribution in [0.2, 0.25) is 0 Å². The summed E-state index contributed by atoms with van der Waals surface area (Å²) in [7, 11) is -12.0. The molecule has 3 rings (SSSR count). The van der Waals surface area contributed by atoms with Crippen molar-refractivity contribution < 1.29 is 54.0 Å². The van der Waals surface area contributed by atoms with Crippen LogP contribution in [0.15, 0.2) is 0 Å². The van der Waals surface area contributed by atoms with Gasteiger partial charge < -0.3 is 34.5 Å². The zero-order valence-corrected chi connectivity index (χ0v) is 13.0. The molecular formula is C6H12B2F8N2Zn. The van der Waals surface area contributed by atoms with E-state index in [1.807, 2.05) is 0 Å². The van der Waals surface area contributed by atoms with E-state index >= 15 is 0 Å². The molecule has 0 atom stereocenters. The number of fused-ring (bicyclic) bond motifs is 3. The van der Waals surface area contributed by atoms with Crippen LogP contribution in [0, 0.1) is 0 Å². The first kappa shape index (κ1) is 21.4. The van der Waals surface area contributed by atoms with Crippen LogP contribution in [0.5, 0.6) is 0 Å². The molecule has 110 valence electrons. The van der Waals surface area contributed by atoms with E-state index in [0.717, 1.165) is 0 Å². The third-order valence-corrected chi connectivity index (χ3v) is 2.20. The van der Waals surface area contributed by atoms with Crippen molar-refractivity contribution >= 4 is 14.5 Å². The third-order valence-electron chi connectivity index (χ3n) is 2.20. The summed E-state index contributed by atoms with van der Waals surface area (Å²) in [6, 6.07) is 0. The normalized spacial score (nSPS) is 25.3. The molecule has 3 heterocycles. The molecule has 3 saturated heterocycles. The van der Waals surface area contributed by atoms with Crippen LogP contribution in [0.1, 0.15) is 0 Å². The Morgan fingerprint density at radius 3 is 0.632 bits per heavy atom. The number of nitrogens with zero attached hydrogens (tertiary/aromatic N) is 2. The topological polar surface area (TPSA) is 6.48 Å². The van der Waals surface area contributed by atoms with Crippen molar-refractivity contribution in [3.8, 4) is 0 Å². The number of hydrogen-bond acceptors (Lipinski definition) is 2. The van der Waals surface area contributed by atoms with E-state index in [2.05, 4.69) is 9.80 Å². The fraction of sp³-hybridized carbons (Fsp3) is 1.00. The molecule has 2 bridgehead atoms. The minimum absolute atomic E-state index is 0. The van der Waals surface area contributed by atoms with E-state index in [1.165, 1.54) is 39.3 Å². The second kappa shape index (κ2) is 9.12. The Hall–Kier alpha value is 0.113. The minimum atomic E-state index is -6.00. The zero-order valence-electron chi connectivity index (χ0n) is 10.0. The summed E-state index contributed by atoms with van der Waals surface area (Å²) in [5.41, 5.74) is 0. The number of halogens is 8. The Balaban J connectivity index is 0. The maximum atomic E-state index is 9.75. The summed E-state index contributed by atoms with van der Waals surface area (Å²) < 4.78 is 78.0. The van der Waals surface area contributed by atoms with Gasteiger partial charge in [-0.3, -0.25) is 9.80 Å². The van der Waals surface area contributed by atoms with E-state index < -0.39 is 14.5 Å². The second-order valence-electron chi connectivity index (χ2n) is 3.67. The Morgan fingerprint density at radius 2 is 0.579 bits per heavy atom. The molecule has 0 amide bonds. The molecular weight excluding hydrogens is 339 g/mol. The predicted molar refractivity (Wildman–Crippen MR) is 53.3 cm³/mol. The second-order valence-corrected chi connectivity index (χ2v) is 3.67. The van der Waals surface area contributed by atoms with Crippen LogP contribution in [-0.2, 0) is 19.5 Å². The van der Waals surface area contributed by atoms with Crippen molar-refractivity contribution in [2.24, 2.45) is 0 Å². The van der Waals surface area contributed by atoms with Crippen molar-refractivity contribution in [2.45, 2.75) is 0 Å². The fourth-order valence-corrected chi connectivity index (χ4v) is 1.52. The molecule has 0 unspecified atom stereocenters. The minimum Gasteiger partial charge on any atom is -0.418 e. The van der Waals surface area contributed by atoms with Crippen LogP contribution in [0.3, 0.4) is 0 Å². The molecule has 0 aromatic carbocycles. The van der Waals surface area contributed by atoms with Gasteiger partial charge >= 0.3 is 34.0 Å². The van der Waals surface area contributed by atoms with Gasteiger partial charge in [0, 0.05) is 39.3 Å². The van der Waals surface area contributed by atoms with Crippen LogP contribution >= 0.6 is 0 Å². The van der Waals surface area contributed by atoms with Crippen molar-refractivity contribution in [2.75, 3.05) is 39.3 Å². The number of rotatable bonds is 0. The summed E-state index contributed by atoms with van der Waals surface area (Å²) in [4.78, 5) is 5.08. The van der Waals surface area contributed by atoms with Gasteiger partial charge in [0.25, 0.3) is 0 Å². The van der Waals surface area contributed by atoms with E-state index in [-0.39, 0.29) is 19.5 Å². The molecule has 2 nitrogen and oxygen atoms in total. The van der Waals surface area contributed by atoms with Gasteiger partial charge in [-0.05, 0) is 0 Å². The van der Waals surface area contributed by atoms with Gasteiger partial charge in [0.05, 0.1) is 0 Å².